The highest BCUT2D eigenvalue weighted by Crippen LogP contribution is 2.21. The Hall–Kier alpha value is -1.06. The zero-order valence-corrected chi connectivity index (χ0v) is 12.1. The molecule has 1 saturated heterocycles. The van der Waals surface area contributed by atoms with Gasteiger partial charge < -0.3 is 10.2 Å². The molecule has 0 aromatic heterocycles. The fourth-order valence-corrected chi connectivity index (χ4v) is 2.98. The van der Waals surface area contributed by atoms with Crippen LogP contribution in [0.3, 0.4) is 0 Å². The number of carbonyl (C=O) groups is 1. The fourth-order valence-electron chi connectivity index (χ4n) is 2.98. The Kier molecular flexibility index (Phi) is 4.48. The molecule has 1 aromatic rings. The van der Waals surface area contributed by atoms with Crippen LogP contribution in [-0.4, -0.2) is 23.9 Å². The quantitative estimate of drug-likeness (QED) is 0.858. The highest BCUT2D eigenvalue weighted by atomic mass is 35.5. The van der Waals surface area contributed by atoms with Crippen molar-refractivity contribution in [3.8, 4) is 0 Å². The average Bonchev–Trinajstić information content (AvgIpc) is 2.85. The van der Waals surface area contributed by atoms with Crippen molar-refractivity contribution in [2.45, 2.75) is 32.9 Å². The average molecular weight is 281 g/mol. The number of nitrogens with one attached hydrogen (secondary N) is 1. The Morgan fingerprint density at radius 1 is 1.32 bits per heavy atom. The van der Waals surface area contributed by atoms with Gasteiger partial charge in [0.2, 0.25) is 0 Å². The smallest absolute Gasteiger partial charge is 0.253 e. The number of piperidine rings is 1. The minimum absolute atomic E-state index is 0. The summed E-state index contributed by atoms with van der Waals surface area (Å²) < 4.78 is 0. The van der Waals surface area contributed by atoms with Gasteiger partial charge in [-0.15, -0.1) is 12.4 Å². The van der Waals surface area contributed by atoms with Gasteiger partial charge in [0, 0.05) is 31.7 Å². The van der Waals surface area contributed by atoms with Crippen LogP contribution in [0.5, 0.6) is 0 Å². The third-order valence-corrected chi connectivity index (χ3v) is 4.03. The standard InChI is InChI=1S/C15H20N2O.ClH/c1-11-3-2-6-17(10-11)15(18)12-4-5-13-8-16-9-14(13)7-12;/h4-5,7,11,16H,2-3,6,8-10H2,1H3;1H. The van der Waals surface area contributed by atoms with Crippen LogP contribution >= 0.6 is 12.4 Å². The Balaban J connectivity index is 0.00000133. The van der Waals surface area contributed by atoms with E-state index in [-0.39, 0.29) is 18.3 Å². The predicted molar refractivity (Wildman–Crippen MR) is 78.5 cm³/mol. The van der Waals surface area contributed by atoms with E-state index in [0.717, 1.165) is 38.2 Å². The van der Waals surface area contributed by atoms with Crippen molar-refractivity contribution in [1.29, 1.82) is 0 Å². The van der Waals surface area contributed by atoms with E-state index in [2.05, 4.69) is 24.4 Å². The van der Waals surface area contributed by atoms with E-state index in [9.17, 15) is 4.79 Å². The first-order chi connectivity index (χ1) is 8.74. The molecule has 2 heterocycles. The first-order valence-electron chi connectivity index (χ1n) is 6.86. The van der Waals surface area contributed by atoms with Gasteiger partial charge in [0.25, 0.3) is 5.91 Å². The Morgan fingerprint density at radius 3 is 2.89 bits per heavy atom. The van der Waals surface area contributed by atoms with E-state index < -0.39 is 0 Å². The molecule has 1 N–H and O–H groups in total. The SMILES string of the molecule is CC1CCCN(C(=O)c2ccc3c(c2)CNC3)C1.Cl. The monoisotopic (exact) mass is 280 g/mol. The Morgan fingerprint density at radius 2 is 2.11 bits per heavy atom. The number of likely N-dealkylation sites (tertiary alicyclic amines) is 1. The molecule has 0 saturated carbocycles. The van der Waals surface area contributed by atoms with Crippen molar-refractivity contribution in [3.05, 3.63) is 34.9 Å². The molecule has 1 unspecified atom stereocenters. The number of nitrogens with zero attached hydrogens (tertiary/aromatic N) is 1. The highest BCUT2D eigenvalue weighted by molar-refractivity contribution is 5.94. The van der Waals surface area contributed by atoms with Crippen molar-refractivity contribution < 1.29 is 4.79 Å². The maximum atomic E-state index is 12.5. The molecule has 4 heteroatoms. The molecule has 1 amide bonds. The molecule has 3 nitrogen and oxygen atoms in total. The van der Waals surface area contributed by atoms with E-state index in [1.54, 1.807) is 0 Å². The van der Waals surface area contributed by atoms with E-state index in [4.69, 9.17) is 0 Å². The van der Waals surface area contributed by atoms with Crippen LogP contribution in [-0.2, 0) is 13.1 Å². The van der Waals surface area contributed by atoms with Crippen LogP contribution in [0, 0.1) is 5.92 Å². The predicted octanol–water partition coefficient (Wildman–Crippen LogP) is 2.58. The molecular formula is C15H21ClN2O. The maximum Gasteiger partial charge on any atom is 0.253 e. The number of hydrogen-bond acceptors (Lipinski definition) is 2. The van der Waals surface area contributed by atoms with Crippen molar-refractivity contribution in [2.75, 3.05) is 13.1 Å². The minimum atomic E-state index is 0. The van der Waals surface area contributed by atoms with Crippen LogP contribution in [0.25, 0.3) is 0 Å². The molecule has 1 atom stereocenters. The van der Waals surface area contributed by atoms with Gasteiger partial charge >= 0.3 is 0 Å². The van der Waals surface area contributed by atoms with Gasteiger partial charge in [-0.3, -0.25) is 4.79 Å². The maximum absolute atomic E-state index is 12.5. The second kappa shape index (κ2) is 5.93. The fraction of sp³-hybridized carbons (Fsp3) is 0.533. The first-order valence-corrected chi connectivity index (χ1v) is 6.86. The van der Waals surface area contributed by atoms with Crippen molar-refractivity contribution in [2.24, 2.45) is 5.92 Å². The molecule has 0 spiro atoms. The lowest BCUT2D eigenvalue weighted by Crippen LogP contribution is -2.39. The second-order valence-corrected chi connectivity index (χ2v) is 5.59. The number of amides is 1. The summed E-state index contributed by atoms with van der Waals surface area (Å²) in [6.45, 7) is 5.89. The minimum Gasteiger partial charge on any atom is -0.338 e. The molecule has 0 bridgehead atoms. The lowest BCUT2D eigenvalue weighted by Gasteiger charge is -2.31. The van der Waals surface area contributed by atoms with Gasteiger partial charge in [-0.1, -0.05) is 13.0 Å². The van der Waals surface area contributed by atoms with Crippen LogP contribution in [0.1, 0.15) is 41.3 Å². The molecule has 19 heavy (non-hydrogen) atoms. The summed E-state index contributed by atoms with van der Waals surface area (Å²) in [6.07, 6.45) is 2.39. The number of benzene rings is 1. The molecule has 3 rings (SSSR count). The third-order valence-electron chi connectivity index (χ3n) is 4.03. The lowest BCUT2D eigenvalue weighted by molar-refractivity contribution is 0.0683. The molecule has 0 radical (unpaired) electrons. The van der Waals surface area contributed by atoms with Gasteiger partial charge in [-0.05, 0) is 42.0 Å². The molecular weight excluding hydrogens is 260 g/mol. The molecule has 2 aliphatic heterocycles. The Labute approximate surface area is 120 Å². The van der Waals surface area contributed by atoms with Gasteiger partial charge in [-0.2, -0.15) is 0 Å². The number of hydrogen-bond donors (Lipinski definition) is 1. The highest BCUT2D eigenvalue weighted by Gasteiger charge is 2.23. The molecule has 104 valence electrons. The third kappa shape index (κ3) is 2.93. The number of halogens is 1. The van der Waals surface area contributed by atoms with Crippen LogP contribution in [0.4, 0.5) is 0 Å². The molecule has 1 fully saturated rings. The van der Waals surface area contributed by atoms with Crippen LogP contribution < -0.4 is 5.32 Å². The van der Waals surface area contributed by atoms with E-state index >= 15 is 0 Å². The lowest BCUT2D eigenvalue weighted by atomic mass is 9.99. The molecule has 1 aromatic carbocycles. The summed E-state index contributed by atoms with van der Waals surface area (Å²) in [5.41, 5.74) is 3.47. The summed E-state index contributed by atoms with van der Waals surface area (Å²) in [7, 11) is 0. The van der Waals surface area contributed by atoms with Gasteiger partial charge in [0.15, 0.2) is 0 Å². The zero-order chi connectivity index (χ0) is 12.5. The van der Waals surface area contributed by atoms with Gasteiger partial charge in [0.1, 0.15) is 0 Å². The van der Waals surface area contributed by atoms with Crippen LogP contribution in [0.2, 0.25) is 0 Å². The first kappa shape index (κ1) is 14.4. The molecule has 2 aliphatic rings. The van der Waals surface area contributed by atoms with Crippen molar-refractivity contribution in [1.82, 2.24) is 10.2 Å². The van der Waals surface area contributed by atoms with E-state index in [0.29, 0.717) is 5.92 Å². The number of fused-ring (bicyclic) bond motifs is 1. The summed E-state index contributed by atoms with van der Waals surface area (Å²) in [5, 5.41) is 3.32. The van der Waals surface area contributed by atoms with E-state index in [1.807, 2.05) is 11.0 Å². The summed E-state index contributed by atoms with van der Waals surface area (Å²) in [4.78, 5) is 14.5. The second-order valence-electron chi connectivity index (χ2n) is 5.59. The largest absolute Gasteiger partial charge is 0.338 e. The summed E-state index contributed by atoms with van der Waals surface area (Å²) >= 11 is 0. The van der Waals surface area contributed by atoms with Crippen LogP contribution in [0.15, 0.2) is 18.2 Å². The van der Waals surface area contributed by atoms with E-state index in [1.165, 1.54) is 17.5 Å². The summed E-state index contributed by atoms with van der Waals surface area (Å²) in [5.74, 6) is 0.843. The van der Waals surface area contributed by atoms with Gasteiger partial charge in [0.05, 0.1) is 0 Å². The Bertz CT molecular complexity index is 475. The van der Waals surface area contributed by atoms with Gasteiger partial charge in [-0.25, -0.2) is 0 Å². The zero-order valence-electron chi connectivity index (χ0n) is 11.3. The van der Waals surface area contributed by atoms with Crippen molar-refractivity contribution >= 4 is 18.3 Å². The normalized spacial score (nSPS) is 21.7. The number of carbonyl (C=O) groups excluding carboxylic acids is 1. The number of rotatable bonds is 1. The summed E-state index contributed by atoms with van der Waals surface area (Å²) in [6, 6.07) is 6.14. The topological polar surface area (TPSA) is 32.3 Å². The van der Waals surface area contributed by atoms with Crippen molar-refractivity contribution in [3.63, 3.8) is 0 Å². The molecule has 0 aliphatic carbocycles.